The summed E-state index contributed by atoms with van der Waals surface area (Å²) in [6.45, 7) is 2.02. The first-order chi connectivity index (χ1) is 12.5. The van der Waals surface area contributed by atoms with Crippen LogP contribution in [0.2, 0.25) is 5.02 Å². The fraction of sp³-hybridized carbons (Fsp3) is 0.263. The second kappa shape index (κ2) is 8.56. The highest BCUT2D eigenvalue weighted by Gasteiger charge is 2.25. The van der Waals surface area contributed by atoms with Crippen LogP contribution in [0.4, 0.5) is 0 Å². The summed E-state index contributed by atoms with van der Waals surface area (Å²) in [6.07, 6.45) is 0. The number of carbonyl (C=O) groups is 2. The lowest BCUT2D eigenvalue weighted by Gasteiger charge is -2.34. The van der Waals surface area contributed by atoms with Gasteiger partial charge in [0.1, 0.15) is 5.75 Å². The number of piperazine rings is 1. The lowest BCUT2D eigenvalue weighted by Crippen LogP contribution is -2.51. The second-order valence-electron chi connectivity index (χ2n) is 5.92. The number of ether oxygens (including phenoxy) is 1. The molecule has 1 saturated heterocycles. The van der Waals surface area contributed by atoms with E-state index in [1.807, 2.05) is 12.1 Å². The minimum Gasteiger partial charge on any atom is -0.484 e. The number of hydrogen-bond donors (Lipinski definition) is 0. The van der Waals surface area contributed by atoms with Crippen LogP contribution in [0.1, 0.15) is 10.4 Å². The third kappa shape index (κ3) is 4.77. The molecule has 2 aromatic carbocycles. The lowest BCUT2D eigenvalue weighted by atomic mass is 10.2. The molecule has 5 nitrogen and oxygen atoms in total. The number of carbonyl (C=O) groups excluding carboxylic acids is 2. The Labute approximate surface area is 165 Å². The predicted octanol–water partition coefficient (Wildman–Crippen LogP) is 3.47. The Hall–Kier alpha value is -2.05. The van der Waals surface area contributed by atoms with Crippen molar-refractivity contribution in [3.8, 4) is 5.75 Å². The van der Waals surface area contributed by atoms with E-state index in [9.17, 15) is 9.59 Å². The van der Waals surface area contributed by atoms with Crippen molar-refractivity contribution in [1.82, 2.24) is 9.80 Å². The molecule has 0 N–H and O–H groups in total. The molecule has 1 aliphatic heterocycles. The van der Waals surface area contributed by atoms with Gasteiger partial charge in [-0.25, -0.2) is 0 Å². The summed E-state index contributed by atoms with van der Waals surface area (Å²) in [5, 5.41) is 0.621. The molecule has 1 aliphatic rings. The third-order valence-electron chi connectivity index (χ3n) is 4.19. The standard InChI is InChI=1S/C19H18BrClN2O3/c20-15-3-1-14(2-4-15)19(25)23-11-9-22(10-12-23)18(24)13-26-17-7-5-16(21)6-8-17/h1-8H,9-13H2. The second-order valence-corrected chi connectivity index (χ2v) is 7.27. The summed E-state index contributed by atoms with van der Waals surface area (Å²) in [5.74, 6) is 0.504. The zero-order valence-corrected chi connectivity index (χ0v) is 16.4. The van der Waals surface area contributed by atoms with Crippen molar-refractivity contribution in [3.63, 3.8) is 0 Å². The molecule has 0 saturated carbocycles. The molecule has 0 atom stereocenters. The van der Waals surface area contributed by atoms with E-state index in [-0.39, 0.29) is 18.4 Å². The largest absolute Gasteiger partial charge is 0.484 e. The molecule has 0 aromatic heterocycles. The van der Waals surface area contributed by atoms with E-state index in [0.29, 0.717) is 42.5 Å². The minimum atomic E-state index is -0.0873. The molecule has 1 heterocycles. The summed E-state index contributed by atoms with van der Waals surface area (Å²) in [7, 11) is 0. The molecular weight excluding hydrogens is 420 g/mol. The van der Waals surface area contributed by atoms with Gasteiger partial charge < -0.3 is 14.5 Å². The minimum absolute atomic E-state index is 0.0120. The van der Waals surface area contributed by atoms with Gasteiger partial charge in [0.15, 0.2) is 6.61 Å². The lowest BCUT2D eigenvalue weighted by molar-refractivity contribution is -0.134. The first-order valence-electron chi connectivity index (χ1n) is 8.24. The van der Waals surface area contributed by atoms with Gasteiger partial charge in [-0.15, -0.1) is 0 Å². The highest BCUT2D eigenvalue weighted by atomic mass is 79.9. The van der Waals surface area contributed by atoms with Crippen LogP contribution < -0.4 is 4.74 Å². The number of rotatable bonds is 4. The highest BCUT2D eigenvalue weighted by Crippen LogP contribution is 2.16. The maximum absolute atomic E-state index is 12.5. The summed E-state index contributed by atoms with van der Waals surface area (Å²) in [5.41, 5.74) is 0.652. The van der Waals surface area contributed by atoms with Crippen LogP contribution in [-0.4, -0.2) is 54.4 Å². The zero-order chi connectivity index (χ0) is 18.5. The Bertz CT molecular complexity index is 772. The number of amides is 2. The van der Waals surface area contributed by atoms with Crippen molar-refractivity contribution in [2.45, 2.75) is 0 Å². The Morgan fingerprint density at radius 2 is 1.50 bits per heavy atom. The van der Waals surface area contributed by atoms with Gasteiger partial charge in [0.05, 0.1) is 0 Å². The van der Waals surface area contributed by atoms with Gasteiger partial charge in [-0.2, -0.15) is 0 Å². The molecule has 2 amide bonds. The van der Waals surface area contributed by atoms with E-state index in [1.54, 1.807) is 46.2 Å². The van der Waals surface area contributed by atoms with E-state index in [4.69, 9.17) is 16.3 Å². The summed E-state index contributed by atoms with van der Waals surface area (Å²) in [4.78, 5) is 28.3. The number of hydrogen-bond acceptors (Lipinski definition) is 3. The Morgan fingerprint density at radius 1 is 0.923 bits per heavy atom. The fourth-order valence-electron chi connectivity index (χ4n) is 2.70. The van der Waals surface area contributed by atoms with Gasteiger partial charge in [-0.3, -0.25) is 9.59 Å². The zero-order valence-electron chi connectivity index (χ0n) is 14.0. The molecule has 0 bridgehead atoms. The molecule has 1 fully saturated rings. The first kappa shape index (κ1) is 18.7. The molecule has 26 heavy (non-hydrogen) atoms. The highest BCUT2D eigenvalue weighted by molar-refractivity contribution is 9.10. The van der Waals surface area contributed by atoms with Gasteiger partial charge in [0.25, 0.3) is 11.8 Å². The number of nitrogens with zero attached hydrogens (tertiary/aromatic N) is 2. The van der Waals surface area contributed by atoms with E-state index in [2.05, 4.69) is 15.9 Å². The predicted molar refractivity (Wildman–Crippen MR) is 104 cm³/mol. The van der Waals surface area contributed by atoms with Crippen molar-refractivity contribution < 1.29 is 14.3 Å². The summed E-state index contributed by atoms with van der Waals surface area (Å²) in [6, 6.07) is 14.2. The average Bonchev–Trinajstić information content (AvgIpc) is 2.67. The quantitative estimate of drug-likeness (QED) is 0.736. The topological polar surface area (TPSA) is 49.9 Å². The molecule has 2 aromatic rings. The van der Waals surface area contributed by atoms with Crippen molar-refractivity contribution in [2.24, 2.45) is 0 Å². The van der Waals surface area contributed by atoms with Crippen LogP contribution in [-0.2, 0) is 4.79 Å². The molecule has 0 radical (unpaired) electrons. The Morgan fingerprint density at radius 3 is 2.12 bits per heavy atom. The van der Waals surface area contributed by atoms with Crippen LogP contribution >= 0.6 is 27.5 Å². The van der Waals surface area contributed by atoms with Crippen molar-refractivity contribution in [2.75, 3.05) is 32.8 Å². The first-order valence-corrected chi connectivity index (χ1v) is 9.41. The van der Waals surface area contributed by atoms with Gasteiger partial charge in [0, 0.05) is 41.2 Å². The molecule has 0 unspecified atom stereocenters. The molecule has 7 heteroatoms. The maximum atomic E-state index is 12.5. The van der Waals surface area contributed by atoms with Crippen LogP contribution in [0.5, 0.6) is 5.75 Å². The van der Waals surface area contributed by atoms with Crippen molar-refractivity contribution in [3.05, 3.63) is 63.6 Å². The van der Waals surface area contributed by atoms with Crippen molar-refractivity contribution >= 4 is 39.3 Å². The monoisotopic (exact) mass is 436 g/mol. The van der Waals surface area contributed by atoms with Crippen LogP contribution in [0.3, 0.4) is 0 Å². The number of halogens is 2. The number of benzene rings is 2. The summed E-state index contributed by atoms with van der Waals surface area (Å²) < 4.78 is 6.43. The smallest absolute Gasteiger partial charge is 0.260 e. The molecule has 136 valence electrons. The molecule has 0 spiro atoms. The third-order valence-corrected chi connectivity index (χ3v) is 4.97. The van der Waals surface area contributed by atoms with Crippen molar-refractivity contribution in [1.29, 1.82) is 0 Å². The van der Waals surface area contributed by atoms with E-state index < -0.39 is 0 Å². The van der Waals surface area contributed by atoms with E-state index in [1.165, 1.54) is 0 Å². The normalized spacial score (nSPS) is 14.2. The molecule has 3 rings (SSSR count). The average molecular weight is 438 g/mol. The molecule has 0 aliphatic carbocycles. The van der Waals surface area contributed by atoms with Gasteiger partial charge in [-0.05, 0) is 48.5 Å². The van der Waals surface area contributed by atoms with E-state index in [0.717, 1.165) is 4.47 Å². The fourth-order valence-corrected chi connectivity index (χ4v) is 3.09. The van der Waals surface area contributed by atoms with Gasteiger partial charge in [0.2, 0.25) is 0 Å². The Balaban J connectivity index is 1.48. The van der Waals surface area contributed by atoms with Crippen LogP contribution in [0.15, 0.2) is 53.0 Å². The van der Waals surface area contributed by atoms with Gasteiger partial charge >= 0.3 is 0 Å². The van der Waals surface area contributed by atoms with Gasteiger partial charge in [-0.1, -0.05) is 27.5 Å². The van der Waals surface area contributed by atoms with E-state index >= 15 is 0 Å². The maximum Gasteiger partial charge on any atom is 0.260 e. The van der Waals surface area contributed by atoms with Crippen LogP contribution in [0.25, 0.3) is 0 Å². The molecular formula is C19H18BrClN2O3. The Kier molecular flexibility index (Phi) is 6.16. The van der Waals surface area contributed by atoms with Crippen LogP contribution in [0, 0.1) is 0 Å². The SMILES string of the molecule is O=C(COc1ccc(Cl)cc1)N1CCN(C(=O)c2ccc(Br)cc2)CC1. The summed E-state index contributed by atoms with van der Waals surface area (Å²) >= 11 is 9.18.